The fraction of sp³-hybridized carbons (Fsp3) is 0.273. The van der Waals surface area contributed by atoms with Crippen LogP contribution in [0.15, 0.2) is 18.6 Å². The number of nitrogens with one attached hydrogen (secondary N) is 1. The van der Waals surface area contributed by atoms with E-state index in [0.29, 0.717) is 5.82 Å². The first-order valence-corrected chi connectivity index (χ1v) is 5.17. The van der Waals surface area contributed by atoms with Crippen molar-refractivity contribution in [2.24, 2.45) is 0 Å². The zero-order valence-corrected chi connectivity index (χ0v) is 9.68. The highest BCUT2D eigenvalue weighted by molar-refractivity contribution is 5.34. The second-order valence-electron chi connectivity index (χ2n) is 3.64. The highest BCUT2D eigenvalue weighted by Gasteiger charge is 2.06. The summed E-state index contributed by atoms with van der Waals surface area (Å²) in [5.41, 5.74) is 2.10. The van der Waals surface area contributed by atoms with Gasteiger partial charge < -0.3 is 5.32 Å². The van der Waals surface area contributed by atoms with Crippen molar-refractivity contribution in [2.75, 3.05) is 7.05 Å². The first-order valence-electron chi connectivity index (χ1n) is 5.17. The van der Waals surface area contributed by atoms with Crippen LogP contribution in [0.2, 0.25) is 0 Å². The Bertz CT molecular complexity index is 566. The average molecular weight is 228 g/mol. The fourth-order valence-corrected chi connectivity index (χ4v) is 1.58. The van der Waals surface area contributed by atoms with Gasteiger partial charge in [-0.15, -0.1) is 5.10 Å². The monoisotopic (exact) mass is 228 g/mol. The van der Waals surface area contributed by atoms with Crippen molar-refractivity contribution < 1.29 is 0 Å². The summed E-state index contributed by atoms with van der Waals surface area (Å²) < 4.78 is 1.51. The quantitative estimate of drug-likeness (QED) is 0.830. The molecule has 17 heavy (non-hydrogen) atoms. The zero-order chi connectivity index (χ0) is 12.3. The summed E-state index contributed by atoms with van der Waals surface area (Å²) in [6.45, 7) is 2.73. The maximum absolute atomic E-state index is 8.66. The lowest BCUT2D eigenvalue weighted by molar-refractivity contribution is 0.795. The number of hydrogen-bond donors (Lipinski definition) is 1. The van der Waals surface area contributed by atoms with Crippen molar-refractivity contribution >= 4 is 0 Å². The minimum Gasteiger partial charge on any atom is -0.316 e. The number of hydrogen-bond acceptors (Lipinski definition) is 5. The predicted octanol–water partition coefficient (Wildman–Crippen LogP) is 0.562. The minimum atomic E-state index is 0.144. The Morgan fingerprint density at radius 3 is 2.88 bits per heavy atom. The molecule has 0 aliphatic rings. The molecule has 86 valence electrons. The van der Waals surface area contributed by atoms with Crippen LogP contribution < -0.4 is 5.32 Å². The molecular weight excluding hydrogens is 216 g/mol. The smallest absolute Gasteiger partial charge is 0.252 e. The number of rotatable bonds is 3. The Kier molecular flexibility index (Phi) is 3.12. The lowest BCUT2D eigenvalue weighted by Crippen LogP contribution is -2.08. The van der Waals surface area contributed by atoms with Crippen molar-refractivity contribution in [1.82, 2.24) is 25.1 Å². The van der Waals surface area contributed by atoms with Gasteiger partial charge in [0.05, 0.1) is 0 Å². The van der Waals surface area contributed by atoms with Gasteiger partial charge in [-0.2, -0.15) is 5.26 Å². The molecule has 0 aliphatic heterocycles. The van der Waals surface area contributed by atoms with Gasteiger partial charge in [-0.25, -0.2) is 14.6 Å². The van der Waals surface area contributed by atoms with Crippen molar-refractivity contribution in [3.8, 4) is 11.9 Å². The number of nitriles is 1. The molecule has 0 fully saturated rings. The summed E-state index contributed by atoms with van der Waals surface area (Å²) in [5, 5.41) is 15.7. The van der Waals surface area contributed by atoms with E-state index in [1.807, 2.05) is 26.1 Å². The second-order valence-corrected chi connectivity index (χ2v) is 3.64. The lowest BCUT2D eigenvalue weighted by atomic mass is 10.2. The topological polar surface area (TPSA) is 79.4 Å². The lowest BCUT2D eigenvalue weighted by Gasteiger charge is -2.06. The van der Waals surface area contributed by atoms with Gasteiger partial charge in [-0.3, -0.25) is 0 Å². The largest absolute Gasteiger partial charge is 0.316 e. The van der Waals surface area contributed by atoms with Crippen LogP contribution in [0.3, 0.4) is 0 Å². The Labute approximate surface area is 98.9 Å². The first kappa shape index (κ1) is 11.2. The summed E-state index contributed by atoms with van der Waals surface area (Å²) in [5.74, 6) is 0.837. The average Bonchev–Trinajstić information content (AvgIpc) is 2.78. The molecule has 6 heteroatoms. The summed E-state index contributed by atoms with van der Waals surface area (Å²) in [4.78, 5) is 8.18. The van der Waals surface area contributed by atoms with E-state index >= 15 is 0 Å². The molecule has 2 heterocycles. The summed E-state index contributed by atoms with van der Waals surface area (Å²) in [6.07, 6.45) is 3.28. The first-order chi connectivity index (χ1) is 8.24. The van der Waals surface area contributed by atoms with Gasteiger partial charge in [-0.1, -0.05) is 0 Å². The maximum atomic E-state index is 8.66. The van der Waals surface area contributed by atoms with Gasteiger partial charge in [0.15, 0.2) is 5.82 Å². The van der Waals surface area contributed by atoms with Crippen LogP contribution in [0.25, 0.3) is 5.82 Å². The number of nitrogens with zero attached hydrogens (tertiary/aromatic N) is 5. The molecule has 0 saturated carbocycles. The number of pyridine rings is 1. The Morgan fingerprint density at radius 1 is 1.47 bits per heavy atom. The van der Waals surface area contributed by atoms with Gasteiger partial charge >= 0.3 is 0 Å². The van der Waals surface area contributed by atoms with Crippen LogP contribution in [0.5, 0.6) is 0 Å². The van der Waals surface area contributed by atoms with Crippen molar-refractivity contribution in [3.63, 3.8) is 0 Å². The normalized spacial score (nSPS) is 10.2. The van der Waals surface area contributed by atoms with E-state index in [0.717, 1.165) is 17.7 Å². The molecule has 2 aromatic heterocycles. The van der Waals surface area contributed by atoms with Gasteiger partial charge in [-0.05, 0) is 31.2 Å². The highest BCUT2D eigenvalue weighted by Crippen LogP contribution is 2.11. The molecule has 0 amide bonds. The molecular formula is C11H12N6. The highest BCUT2D eigenvalue weighted by atomic mass is 15.4. The van der Waals surface area contributed by atoms with E-state index in [1.165, 1.54) is 11.0 Å². The van der Waals surface area contributed by atoms with Gasteiger partial charge in [0, 0.05) is 12.7 Å². The van der Waals surface area contributed by atoms with Gasteiger partial charge in [0.25, 0.3) is 5.82 Å². The third-order valence-corrected chi connectivity index (χ3v) is 2.30. The second kappa shape index (κ2) is 4.72. The molecule has 6 nitrogen and oxygen atoms in total. The van der Waals surface area contributed by atoms with Crippen LogP contribution in [0, 0.1) is 18.3 Å². The summed E-state index contributed by atoms with van der Waals surface area (Å²) >= 11 is 0. The molecule has 0 spiro atoms. The Morgan fingerprint density at radius 2 is 2.29 bits per heavy atom. The molecule has 0 radical (unpaired) electrons. The van der Waals surface area contributed by atoms with E-state index in [9.17, 15) is 0 Å². The zero-order valence-electron chi connectivity index (χ0n) is 9.68. The van der Waals surface area contributed by atoms with E-state index in [-0.39, 0.29) is 5.82 Å². The molecule has 2 rings (SSSR count). The van der Waals surface area contributed by atoms with Crippen LogP contribution in [-0.2, 0) is 6.54 Å². The summed E-state index contributed by atoms with van der Waals surface area (Å²) in [6, 6.07) is 3.92. The Hall–Kier alpha value is -2.26. The molecule has 0 atom stereocenters. The molecule has 0 saturated heterocycles. The number of aryl methyl sites for hydroxylation is 1. The minimum absolute atomic E-state index is 0.144. The van der Waals surface area contributed by atoms with Crippen molar-refractivity contribution in [2.45, 2.75) is 13.5 Å². The van der Waals surface area contributed by atoms with E-state index in [4.69, 9.17) is 5.26 Å². The van der Waals surface area contributed by atoms with Gasteiger partial charge in [0.2, 0.25) is 0 Å². The third-order valence-electron chi connectivity index (χ3n) is 2.30. The van der Waals surface area contributed by atoms with E-state index in [2.05, 4.69) is 20.4 Å². The van der Waals surface area contributed by atoms with E-state index in [1.54, 1.807) is 6.20 Å². The molecule has 2 aromatic rings. The van der Waals surface area contributed by atoms with Crippen molar-refractivity contribution in [1.29, 1.82) is 5.26 Å². The standard InChI is InChI=1S/C11H12N6/c1-8-3-9(5-13-2)6-14-11(8)17-7-15-10(4-12)16-17/h3,6-7,13H,5H2,1-2H3. The molecule has 0 bridgehead atoms. The third kappa shape index (κ3) is 2.29. The molecule has 0 aromatic carbocycles. The van der Waals surface area contributed by atoms with Crippen LogP contribution in [0.4, 0.5) is 0 Å². The van der Waals surface area contributed by atoms with Crippen molar-refractivity contribution in [3.05, 3.63) is 35.5 Å². The SMILES string of the molecule is CNCc1cnc(-n2cnc(C#N)n2)c(C)c1. The summed E-state index contributed by atoms with van der Waals surface area (Å²) in [7, 11) is 1.89. The molecule has 1 N–H and O–H groups in total. The Balaban J connectivity index is 2.36. The van der Waals surface area contributed by atoms with Gasteiger partial charge in [0.1, 0.15) is 12.4 Å². The van der Waals surface area contributed by atoms with E-state index < -0.39 is 0 Å². The number of aromatic nitrogens is 4. The van der Waals surface area contributed by atoms with Crippen LogP contribution in [-0.4, -0.2) is 26.8 Å². The van der Waals surface area contributed by atoms with Crippen LogP contribution in [0.1, 0.15) is 17.0 Å². The maximum Gasteiger partial charge on any atom is 0.252 e. The molecule has 0 aliphatic carbocycles. The van der Waals surface area contributed by atoms with Crippen LogP contribution >= 0.6 is 0 Å². The predicted molar refractivity (Wildman–Crippen MR) is 61.4 cm³/mol. The fourth-order valence-electron chi connectivity index (χ4n) is 1.58. The molecule has 0 unspecified atom stereocenters.